The van der Waals surface area contributed by atoms with Gasteiger partial charge in [0, 0.05) is 17.5 Å². The minimum atomic E-state index is -0.650. The first-order chi connectivity index (χ1) is 17.6. The number of aromatic hydroxyl groups is 1. The molecular weight excluding hydrogens is 472 g/mol. The highest BCUT2D eigenvalue weighted by Gasteiger charge is 2.53. The maximum absolute atomic E-state index is 13.6. The molecule has 0 bridgehead atoms. The van der Waals surface area contributed by atoms with E-state index in [9.17, 15) is 14.7 Å². The van der Waals surface area contributed by atoms with E-state index in [-0.39, 0.29) is 22.7 Å². The number of fused-ring (bicyclic) bond motifs is 1. The SMILES string of the molecule is C=CC1=C(C(=O)OC(c2ccccc2)c2ccccc2)N2C(=O)C(N=Cc3ccccc3O)[C@@H]2SC1. The van der Waals surface area contributed by atoms with Crippen LogP contribution in [-0.4, -0.2) is 45.3 Å². The number of para-hydroxylation sites is 1. The van der Waals surface area contributed by atoms with Crippen molar-refractivity contribution in [1.29, 1.82) is 0 Å². The smallest absolute Gasteiger partial charge is 0.356 e. The number of nitrogens with zero attached hydrogens (tertiary/aromatic N) is 2. The third-order valence-electron chi connectivity index (χ3n) is 6.15. The molecule has 0 spiro atoms. The summed E-state index contributed by atoms with van der Waals surface area (Å²) in [5.74, 6) is -0.274. The number of phenols is 1. The fourth-order valence-corrected chi connectivity index (χ4v) is 5.61. The topological polar surface area (TPSA) is 79.2 Å². The van der Waals surface area contributed by atoms with Crippen LogP contribution in [0.1, 0.15) is 22.8 Å². The maximum atomic E-state index is 13.6. The van der Waals surface area contributed by atoms with Crippen molar-refractivity contribution in [2.45, 2.75) is 17.5 Å². The van der Waals surface area contributed by atoms with Crippen molar-refractivity contribution >= 4 is 29.9 Å². The molecule has 2 heterocycles. The standard InChI is InChI=1S/C29H24N2O4S/c1-2-19-18-36-28-24(30-17-22-15-9-10-16-23(22)32)27(33)31(28)25(19)29(34)35-26(20-11-5-3-6-12-20)21-13-7-4-8-14-21/h2-17,24,26,28,32H,1,18H2/t24?,28-/m0/s1. The van der Waals surface area contributed by atoms with Crippen molar-refractivity contribution in [3.8, 4) is 5.75 Å². The lowest BCUT2D eigenvalue weighted by Crippen LogP contribution is -2.64. The summed E-state index contributed by atoms with van der Waals surface area (Å²) < 4.78 is 6.06. The number of phenolic OH excluding ortho intramolecular Hbond substituents is 1. The van der Waals surface area contributed by atoms with Gasteiger partial charge in [0.2, 0.25) is 0 Å². The van der Waals surface area contributed by atoms with Gasteiger partial charge in [-0.05, 0) is 28.8 Å². The summed E-state index contributed by atoms with van der Waals surface area (Å²) in [6, 6.07) is 25.2. The molecular formula is C29H24N2O4S. The van der Waals surface area contributed by atoms with Gasteiger partial charge in [-0.3, -0.25) is 14.7 Å². The van der Waals surface area contributed by atoms with Gasteiger partial charge in [-0.1, -0.05) is 85.5 Å². The third-order valence-corrected chi connectivity index (χ3v) is 7.44. The number of hydrogen-bond donors (Lipinski definition) is 1. The molecule has 1 fully saturated rings. The minimum absolute atomic E-state index is 0.0900. The van der Waals surface area contributed by atoms with Crippen molar-refractivity contribution in [2.24, 2.45) is 4.99 Å². The molecule has 2 atom stereocenters. The van der Waals surface area contributed by atoms with Crippen LogP contribution in [0.2, 0.25) is 0 Å². The van der Waals surface area contributed by atoms with E-state index in [1.165, 1.54) is 22.9 Å². The monoisotopic (exact) mass is 496 g/mol. The van der Waals surface area contributed by atoms with E-state index in [1.807, 2.05) is 60.7 Å². The molecule has 36 heavy (non-hydrogen) atoms. The summed E-state index contributed by atoms with van der Waals surface area (Å²) in [6.07, 6.45) is 2.48. The Balaban J connectivity index is 1.41. The number of rotatable bonds is 7. The van der Waals surface area contributed by atoms with E-state index in [4.69, 9.17) is 4.74 Å². The number of allylic oxidation sites excluding steroid dienone is 1. The summed E-state index contributed by atoms with van der Waals surface area (Å²) >= 11 is 1.52. The van der Waals surface area contributed by atoms with E-state index in [0.29, 0.717) is 16.9 Å². The van der Waals surface area contributed by atoms with E-state index >= 15 is 0 Å². The number of amides is 1. The second-order valence-corrected chi connectivity index (χ2v) is 9.48. The zero-order chi connectivity index (χ0) is 25.1. The van der Waals surface area contributed by atoms with Gasteiger partial charge in [0.25, 0.3) is 5.91 Å². The number of carbonyl (C=O) groups is 2. The Morgan fingerprint density at radius 3 is 2.25 bits per heavy atom. The van der Waals surface area contributed by atoms with Crippen molar-refractivity contribution in [1.82, 2.24) is 4.90 Å². The van der Waals surface area contributed by atoms with Crippen molar-refractivity contribution in [2.75, 3.05) is 5.75 Å². The Labute approximate surface area is 213 Å². The quantitative estimate of drug-likeness (QED) is 0.287. The Morgan fingerprint density at radius 2 is 1.64 bits per heavy atom. The van der Waals surface area contributed by atoms with E-state index in [2.05, 4.69) is 11.6 Å². The summed E-state index contributed by atoms with van der Waals surface area (Å²) in [6.45, 7) is 3.85. The van der Waals surface area contributed by atoms with Crippen LogP contribution in [0.5, 0.6) is 5.75 Å². The van der Waals surface area contributed by atoms with Gasteiger partial charge in [0.1, 0.15) is 16.8 Å². The molecule has 1 unspecified atom stereocenters. The van der Waals surface area contributed by atoms with E-state index in [1.54, 1.807) is 30.3 Å². The van der Waals surface area contributed by atoms with Crippen LogP contribution in [-0.2, 0) is 14.3 Å². The molecule has 2 aliphatic rings. The first kappa shape index (κ1) is 23.6. The first-order valence-corrected chi connectivity index (χ1v) is 12.6. The maximum Gasteiger partial charge on any atom is 0.356 e. The Kier molecular flexibility index (Phi) is 6.73. The minimum Gasteiger partial charge on any atom is -0.507 e. The number of aliphatic imine (C=N–C) groups is 1. The Bertz CT molecular complexity index is 1310. The number of esters is 1. The van der Waals surface area contributed by atoms with Crippen molar-refractivity contribution in [3.63, 3.8) is 0 Å². The molecule has 0 aromatic heterocycles. The van der Waals surface area contributed by atoms with Crippen LogP contribution >= 0.6 is 11.8 Å². The molecule has 6 nitrogen and oxygen atoms in total. The molecule has 3 aromatic rings. The third kappa shape index (κ3) is 4.45. The molecule has 5 rings (SSSR count). The van der Waals surface area contributed by atoms with Gasteiger partial charge in [0.15, 0.2) is 12.1 Å². The van der Waals surface area contributed by atoms with Gasteiger partial charge >= 0.3 is 5.97 Å². The average Bonchev–Trinajstić information content (AvgIpc) is 2.92. The highest BCUT2D eigenvalue weighted by Crippen LogP contribution is 2.43. The molecule has 1 N–H and O–H groups in total. The number of ether oxygens (including phenoxy) is 1. The molecule has 0 saturated carbocycles. The van der Waals surface area contributed by atoms with Gasteiger partial charge in [-0.15, -0.1) is 11.8 Å². The number of benzene rings is 3. The molecule has 0 radical (unpaired) electrons. The summed E-state index contributed by atoms with van der Waals surface area (Å²) in [7, 11) is 0. The van der Waals surface area contributed by atoms with Gasteiger partial charge < -0.3 is 9.84 Å². The van der Waals surface area contributed by atoms with Crippen LogP contribution in [0, 0.1) is 0 Å². The number of hydrogen-bond acceptors (Lipinski definition) is 6. The second-order valence-electron chi connectivity index (χ2n) is 8.38. The number of β-lactam (4-membered cyclic amide) rings is 1. The first-order valence-electron chi connectivity index (χ1n) is 11.5. The lowest BCUT2D eigenvalue weighted by Gasteiger charge is -2.48. The van der Waals surface area contributed by atoms with Gasteiger partial charge in [0.05, 0.1) is 0 Å². The van der Waals surface area contributed by atoms with Crippen LogP contribution < -0.4 is 0 Å². The molecule has 3 aromatic carbocycles. The molecule has 2 aliphatic heterocycles. The molecule has 180 valence electrons. The van der Waals surface area contributed by atoms with Crippen LogP contribution in [0.25, 0.3) is 0 Å². The highest BCUT2D eigenvalue weighted by molar-refractivity contribution is 8.00. The van der Waals surface area contributed by atoms with Crippen LogP contribution in [0.4, 0.5) is 0 Å². The van der Waals surface area contributed by atoms with E-state index in [0.717, 1.165) is 11.1 Å². The zero-order valence-corrected chi connectivity index (χ0v) is 20.2. The number of thioether (sulfide) groups is 1. The lowest BCUT2D eigenvalue weighted by molar-refractivity contribution is -0.152. The van der Waals surface area contributed by atoms with Gasteiger partial charge in [-0.25, -0.2) is 4.79 Å². The zero-order valence-electron chi connectivity index (χ0n) is 19.4. The van der Waals surface area contributed by atoms with E-state index < -0.39 is 18.1 Å². The number of carbonyl (C=O) groups excluding carboxylic acids is 2. The predicted octanol–water partition coefficient (Wildman–Crippen LogP) is 4.87. The molecule has 1 amide bonds. The summed E-state index contributed by atoms with van der Waals surface area (Å²) in [4.78, 5) is 32.6. The fourth-order valence-electron chi connectivity index (χ4n) is 4.28. The molecule has 1 saturated heterocycles. The van der Waals surface area contributed by atoms with Crippen LogP contribution in [0.3, 0.4) is 0 Å². The largest absolute Gasteiger partial charge is 0.507 e. The Hall–Kier alpha value is -4.10. The van der Waals surface area contributed by atoms with Crippen molar-refractivity contribution in [3.05, 3.63) is 126 Å². The van der Waals surface area contributed by atoms with Crippen molar-refractivity contribution < 1.29 is 19.4 Å². The normalized spacial score (nSPS) is 19.2. The second kappa shape index (κ2) is 10.3. The molecule has 0 aliphatic carbocycles. The lowest BCUT2D eigenvalue weighted by atomic mass is 10.0. The highest BCUT2D eigenvalue weighted by atomic mass is 32.2. The van der Waals surface area contributed by atoms with Crippen LogP contribution in [0.15, 0.2) is 114 Å². The fraction of sp³-hybridized carbons (Fsp3) is 0.138. The summed E-state index contributed by atoms with van der Waals surface area (Å²) in [5, 5.41) is 9.66. The Morgan fingerprint density at radius 1 is 1.03 bits per heavy atom. The van der Waals surface area contributed by atoms with Gasteiger partial charge in [-0.2, -0.15) is 0 Å². The summed E-state index contributed by atoms with van der Waals surface area (Å²) in [5.41, 5.74) is 3.06. The predicted molar refractivity (Wildman–Crippen MR) is 141 cm³/mol. The average molecular weight is 497 g/mol. The molecule has 7 heteroatoms.